The van der Waals surface area contributed by atoms with Crippen LogP contribution < -0.4 is 10.6 Å². The Morgan fingerprint density at radius 3 is 2.56 bits per heavy atom. The number of rotatable bonds is 3. The first kappa shape index (κ1) is 31.8. The Hall–Kier alpha value is -4.60. The van der Waals surface area contributed by atoms with E-state index in [9.17, 15) is 23.6 Å². The second-order valence-corrected chi connectivity index (χ2v) is 12.2. The van der Waals surface area contributed by atoms with Crippen LogP contribution in [0.15, 0.2) is 60.8 Å². The van der Waals surface area contributed by atoms with Gasteiger partial charge in [-0.2, -0.15) is 0 Å². The minimum atomic E-state index is -0.768. The largest absolute Gasteiger partial charge is 0.355 e. The van der Waals surface area contributed by atoms with E-state index in [0.717, 1.165) is 11.1 Å². The molecule has 9 nitrogen and oxygen atoms in total. The van der Waals surface area contributed by atoms with E-state index in [2.05, 4.69) is 15.6 Å². The van der Waals surface area contributed by atoms with Crippen molar-refractivity contribution in [3.63, 3.8) is 0 Å². The summed E-state index contributed by atoms with van der Waals surface area (Å²) in [5.41, 5.74) is 3.18. The number of nitrogens with one attached hydrogen (secondary N) is 2. The van der Waals surface area contributed by atoms with Gasteiger partial charge >= 0.3 is 0 Å². The lowest BCUT2D eigenvalue weighted by molar-refractivity contribution is -0.126. The maximum Gasteiger partial charge on any atom is 0.257 e. The van der Waals surface area contributed by atoms with Crippen LogP contribution in [0, 0.1) is 18.7 Å². The van der Waals surface area contributed by atoms with E-state index in [-0.39, 0.29) is 42.3 Å². The van der Waals surface area contributed by atoms with Crippen LogP contribution in [0.2, 0.25) is 0 Å². The van der Waals surface area contributed by atoms with Crippen molar-refractivity contribution in [1.29, 1.82) is 0 Å². The third kappa shape index (κ3) is 7.21. The molecule has 4 amide bonds. The van der Waals surface area contributed by atoms with Gasteiger partial charge in [0.2, 0.25) is 11.8 Å². The molecular formula is C35H40FN5O4. The number of halogens is 1. The molecule has 2 aliphatic rings. The Morgan fingerprint density at radius 1 is 1.02 bits per heavy atom. The summed E-state index contributed by atoms with van der Waals surface area (Å²) in [6.07, 6.45) is 3.79. The Bertz CT molecular complexity index is 1580. The minimum absolute atomic E-state index is 0.0567. The third-order valence-electron chi connectivity index (χ3n) is 8.65. The van der Waals surface area contributed by atoms with E-state index >= 15 is 0 Å². The summed E-state index contributed by atoms with van der Waals surface area (Å²) in [7, 11) is 0. The number of benzene rings is 2. The van der Waals surface area contributed by atoms with Crippen molar-refractivity contribution in [2.75, 3.05) is 26.2 Å². The van der Waals surface area contributed by atoms with E-state index in [1.54, 1.807) is 31.3 Å². The highest BCUT2D eigenvalue weighted by Crippen LogP contribution is 2.27. The van der Waals surface area contributed by atoms with Crippen LogP contribution >= 0.6 is 0 Å². The SMILES string of the molecule is Cc1nccc(-c2ccccc2)c1C(=O)N1CC(=O)NCCCc2ccc(F)c(c2)C(=O)N2CCC[C@H]2C(=O)N[C@H](C(C)C)C1. The Labute approximate surface area is 263 Å². The molecule has 0 unspecified atom stereocenters. The highest BCUT2D eigenvalue weighted by atomic mass is 19.1. The number of amides is 4. The van der Waals surface area contributed by atoms with E-state index < -0.39 is 23.8 Å². The smallest absolute Gasteiger partial charge is 0.257 e. The Balaban J connectivity index is 1.50. The van der Waals surface area contributed by atoms with Crippen molar-refractivity contribution < 1.29 is 23.6 Å². The maximum atomic E-state index is 14.9. The van der Waals surface area contributed by atoms with Crippen molar-refractivity contribution in [1.82, 2.24) is 25.4 Å². The quantitative estimate of drug-likeness (QED) is 0.461. The lowest BCUT2D eigenvalue weighted by Gasteiger charge is -2.32. The summed E-state index contributed by atoms with van der Waals surface area (Å²) >= 11 is 0. The zero-order chi connectivity index (χ0) is 32.1. The maximum absolute atomic E-state index is 14.9. The number of aromatic nitrogens is 1. The molecule has 2 aromatic carbocycles. The summed E-state index contributed by atoms with van der Waals surface area (Å²) in [6.45, 7) is 6.16. The zero-order valence-electron chi connectivity index (χ0n) is 26.0. The highest BCUT2D eigenvalue weighted by molar-refractivity contribution is 6.03. The van der Waals surface area contributed by atoms with E-state index in [0.29, 0.717) is 55.6 Å². The number of pyridine rings is 1. The molecule has 3 aromatic rings. The second-order valence-electron chi connectivity index (χ2n) is 12.2. The van der Waals surface area contributed by atoms with Gasteiger partial charge in [-0.25, -0.2) is 4.39 Å². The van der Waals surface area contributed by atoms with Crippen LogP contribution in [0.4, 0.5) is 4.39 Å². The van der Waals surface area contributed by atoms with E-state index in [1.165, 1.54) is 15.9 Å². The van der Waals surface area contributed by atoms with Gasteiger partial charge in [-0.15, -0.1) is 0 Å². The van der Waals surface area contributed by atoms with Gasteiger partial charge in [0, 0.05) is 31.9 Å². The number of hydrogen-bond acceptors (Lipinski definition) is 5. The molecule has 1 fully saturated rings. The standard InChI is InChI=1S/C35H40FN5O4/c1-22(2)29-20-40(35(45)32-23(3)37-17-15-26(32)25-10-5-4-6-11-25)21-31(42)38-16-7-9-24-13-14-28(36)27(19-24)34(44)41-18-8-12-30(41)33(43)39-29/h4-6,10-11,13-15,17,19,22,29-30H,7-9,12,16,18,20-21H2,1-3H3,(H,38,42)(H,39,43)/t29-,30-/m0/s1. The van der Waals surface area contributed by atoms with Crippen LogP contribution in [0.1, 0.15) is 65.1 Å². The summed E-state index contributed by atoms with van der Waals surface area (Å²) in [4.78, 5) is 62.2. The molecule has 236 valence electrons. The second kappa shape index (κ2) is 14.0. The summed E-state index contributed by atoms with van der Waals surface area (Å²) in [5.74, 6) is -2.31. The van der Waals surface area contributed by atoms with Gasteiger partial charge in [0.25, 0.3) is 11.8 Å². The highest BCUT2D eigenvalue weighted by Gasteiger charge is 2.37. The number of carbonyl (C=O) groups is 4. The van der Waals surface area contributed by atoms with E-state index in [1.807, 2.05) is 44.2 Å². The fraction of sp³-hybridized carbons (Fsp3) is 0.400. The van der Waals surface area contributed by atoms with Gasteiger partial charge in [-0.3, -0.25) is 24.2 Å². The van der Waals surface area contributed by atoms with Crippen molar-refractivity contribution >= 4 is 23.6 Å². The molecule has 0 aliphatic carbocycles. The molecule has 45 heavy (non-hydrogen) atoms. The molecule has 5 rings (SSSR count). The predicted octanol–water partition coefficient (Wildman–Crippen LogP) is 4.15. The Morgan fingerprint density at radius 2 is 1.80 bits per heavy atom. The molecule has 0 spiro atoms. The minimum Gasteiger partial charge on any atom is -0.355 e. The van der Waals surface area contributed by atoms with Crippen molar-refractivity contribution in [3.8, 4) is 11.1 Å². The van der Waals surface area contributed by atoms with Gasteiger partial charge in [0.1, 0.15) is 11.9 Å². The lowest BCUT2D eigenvalue weighted by Crippen LogP contribution is -2.55. The van der Waals surface area contributed by atoms with Crippen molar-refractivity contribution in [2.24, 2.45) is 5.92 Å². The molecule has 10 heteroatoms. The fourth-order valence-electron chi connectivity index (χ4n) is 6.09. The first-order chi connectivity index (χ1) is 21.6. The number of hydrogen-bond donors (Lipinski definition) is 2. The van der Waals surface area contributed by atoms with Gasteiger partial charge in [0.15, 0.2) is 0 Å². The Kier molecular flexibility index (Phi) is 9.90. The van der Waals surface area contributed by atoms with Crippen LogP contribution in [-0.2, 0) is 16.0 Å². The van der Waals surface area contributed by atoms with Gasteiger partial charge < -0.3 is 20.4 Å². The monoisotopic (exact) mass is 613 g/mol. The van der Waals surface area contributed by atoms with Crippen LogP contribution in [0.25, 0.3) is 11.1 Å². The topological polar surface area (TPSA) is 112 Å². The van der Waals surface area contributed by atoms with Gasteiger partial charge in [-0.05, 0) is 73.4 Å². The van der Waals surface area contributed by atoms with Gasteiger partial charge in [0.05, 0.1) is 23.4 Å². The summed E-state index contributed by atoms with van der Waals surface area (Å²) in [6, 6.07) is 14.5. The number of aryl methyl sites for hydroxylation is 2. The molecule has 2 N–H and O–H groups in total. The first-order valence-corrected chi connectivity index (χ1v) is 15.6. The van der Waals surface area contributed by atoms with Gasteiger partial charge in [-0.1, -0.05) is 50.2 Å². The lowest BCUT2D eigenvalue weighted by atomic mass is 9.97. The number of nitrogens with zero attached hydrogens (tertiary/aromatic N) is 3. The first-order valence-electron chi connectivity index (χ1n) is 15.6. The molecule has 0 radical (unpaired) electrons. The van der Waals surface area contributed by atoms with Crippen LogP contribution in [0.3, 0.4) is 0 Å². The number of fused-ring (bicyclic) bond motifs is 3. The average molecular weight is 614 g/mol. The molecule has 0 saturated carbocycles. The van der Waals surface area contributed by atoms with Crippen LogP contribution in [0.5, 0.6) is 0 Å². The zero-order valence-corrected chi connectivity index (χ0v) is 26.0. The summed E-state index contributed by atoms with van der Waals surface area (Å²) < 4.78 is 14.9. The molecular weight excluding hydrogens is 573 g/mol. The average Bonchev–Trinajstić information content (AvgIpc) is 3.52. The molecule has 1 aromatic heterocycles. The molecule has 1 saturated heterocycles. The van der Waals surface area contributed by atoms with Crippen molar-refractivity contribution in [2.45, 2.75) is 58.5 Å². The normalized spacial score (nSPS) is 20.0. The van der Waals surface area contributed by atoms with E-state index in [4.69, 9.17) is 0 Å². The fourth-order valence-corrected chi connectivity index (χ4v) is 6.09. The molecule has 2 atom stereocenters. The van der Waals surface area contributed by atoms with Crippen LogP contribution in [-0.4, -0.2) is 76.7 Å². The summed E-state index contributed by atoms with van der Waals surface area (Å²) in [5, 5.41) is 5.97. The molecule has 3 heterocycles. The van der Waals surface area contributed by atoms with Crippen molar-refractivity contribution in [3.05, 3.63) is 89.0 Å². The third-order valence-corrected chi connectivity index (χ3v) is 8.65. The molecule has 2 aliphatic heterocycles. The number of carbonyl (C=O) groups excluding carboxylic acids is 4. The predicted molar refractivity (Wildman–Crippen MR) is 169 cm³/mol. The molecule has 2 bridgehead atoms.